The average molecular weight is 288 g/mol. The van der Waals surface area contributed by atoms with Gasteiger partial charge in [0.25, 0.3) is 0 Å². The van der Waals surface area contributed by atoms with Crippen LogP contribution in [-0.2, 0) is 18.4 Å². The number of imidazole rings is 1. The van der Waals surface area contributed by atoms with Crippen LogP contribution in [0, 0.1) is 0 Å². The number of aromatic nitrogens is 2. The van der Waals surface area contributed by atoms with Crippen LogP contribution >= 0.6 is 0 Å². The fourth-order valence-corrected chi connectivity index (χ4v) is 2.91. The minimum atomic E-state index is -0.274. The largest absolute Gasteiger partial charge is 0.396 e. The summed E-state index contributed by atoms with van der Waals surface area (Å²) >= 11 is 0. The summed E-state index contributed by atoms with van der Waals surface area (Å²) in [7, 11) is 2.00. The van der Waals surface area contributed by atoms with Gasteiger partial charge < -0.3 is 15.0 Å². The number of nitrogens with one attached hydrogen (secondary N) is 1. The van der Waals surface area contributed by atoms with Crippen molar-refractivity contribution in [3.63, 3.8) is 0 Å². The zero-order valence-corrected chi connectivity index (χ0v) is 12.1. The topological polar surface area (TPSA) is 70.4 Å². The third-order valence-electron chi connectivity index (χ3n) is 4.07. The van der Waals surface area contributed by atoms with E-state index in [0.717, 1.165) is 23.4 Å². The van der Waals surface area contributed by atoms with Crippen LogP contribution in [0.1, 0.15) is 12.2 Å². The molecule has 2 N–H and O–H groups in total. The van der Waals surface area contributed by atoms with E-state index in [2.05, 4.69) is 19.8 Å². The Kier molecular flexibility index (Phi) is 3.90. The predicted octanol–water partition coefficient (Wildman–Crippen LogP) is 0.256. The number of amides is 1. The van der Waals surface area contributed by atoms with Crippen molar-refractivity contribution in [3.05, 3.63) is 30.1 Å². The predicted molar refractivity (Wildman–Crippen MR) is 79.6 cm³/mol. The lowest BCUT2D eigenvalue weighted by Gasteiger charge is -2.34. The Morgan fingerprint density at radius 3 is 3.00 bits per heavy atom. The van der Waals surface area contributed by atoms with Crippen LogP contribution in [-0.4, -0.2) is 51.2 Å². The lowest BCUT2D eigenvalue weighted by Crippen LogP contribution is -2.55. The minimum Gasteiger partial charge on any atom is -0.396 e. The number of hydrogen-bond donors (Lipinski definition) is 2. The average Bonchev–Trinajstić information content (AvgIpc) is 2.80. The number of hydrogen-bond acceptors (Lipinski definition) is 4. The van der Waals surface area contributed by atoms with Gasteiger partial charge in [0, 0.05) is 26.7 Å². The number of benzene rings is 1. The van der Waals surface area contributed by atoms with Crippen LogP contribution in [0.25, 0.3) is 11.0 Å². The van der Waals surface area contributed by atoms with Crippen LogP contribution in [0.15, 0.2) is 24.3 Å². The Labute approximate surface area is 123 Å². The number of carbonyl (C=O) groups excluding carboxylic acids is 1. The first-order valence-corrected chi connectivity index (χ1v) is 7.23. The molecule has 1 atom stereocenters. The molecule has 2 aromatic rings. The van der Waals surface area contributed by atoms with E-state index in [4.69, 9.17) is 5.11 Å². The van der Waals surface area contributed by atoms with Crippen LogP contribution in [0.5, 0.6) is 0 Å². The first-order valence-electron chi connectivity index (χ1n) is 7.23. The maximum Gasteiger partial charge on any atom is 0.237 e. The third-order valence-corrected chi connectivity index (χ3v) is 4.07. The molecule has 2 heterocycles. The van der Waals surface area contributed by atoms with Gasteiger partial charge in [-0.25, -0.2) is 4.98 Å². The molecule has 6 heteroatoms. The van der Waals surface area contributed by atoms with E-state index < -0.39 is 0 Å². The first-order chi connectivity index (χ1) is 10.2. The molecule has 0 aliphatic carbocycles. The molecule has 0 radical (unpaired) electrons. The number of fused-ring (bicyclic) bond motifs is 1. The number of nitrogens with zero attached hydrogens (tertiary/aromatic N) is 3. The van der Waals surface area contributed by atoms with E-state index in [1.165, 1.54) is 0 Å². The van der Waals surface area contributed by atoms with Crippen molar-refractivity contribution in [3.8, 4) is 0 Å². The van der Waals surface area contributed by atoms with Gasteiger partial charge in [0.05, 0.1) is 23.6 Å². The Bertz CT molecular complexity index is 652. The number of carbonyl (C=O) groups is 1. The molecule has 0 bridgehead atoms. The lowest BCUT2D eigenvalue weighted by molar-refractivity contribution is -0.130. The van der Waals surface area contributed by atoms with Gasteiger partial charge in [-0.2, -0.15) is 0 Å². The fourth-order valence-electron chi connectivity index (χ4n) is 2.91. The molecule has 0 spiro atoms. The Hall–Kier alpha value is -1.92. The molecule has 1 aliphatic heterocycles. The summed E-state index contributed by atoms with van der Waals surface area (Å²) in [5.74, 6) is 0.933. The van der Waals surface area contributed by atoms with Gasteiger partial charge >= 0.3 is 0 Å². The van der Waals surface area contributed by atoms with E-state index in [9.17, 15) is 4.79 Å². The molecule has 112 valence electrons. The number of para-hydroxylation sites is 2. The van der Waals surface area contributed by atoms with Gasteiger partial charge in [0.2, 0.25) is 5.91 Å². The molecule has 3 rings (SSSR count). The Morgan fingerprint density at radius 1 is 1.43 bits per heavy atom. The second kappa shape index (κ2) is 5.83. The van der Waals surface area contributed by atoms with Crippen molar-refractivity contribution in [1.82, 2.24) is 19.8 Å². The summed E-state index contributed by atoms with van der Waals surface area (Å²) in [6.45, 7) is 2.05. The second-order valence-corrected chi connectivity index (χ2v) is 5.37. The number of aryl methyl sites for hydroxylation is 1. The van der Waals surface area contributed by atoms with E-state index >= 15 is 0 Å². The minimum absolute atomic E-state index is 0.00550. The van der Waals surface area contributed by atoms with Crippen LogP contribution < -0.4 is 5.32 Å². The maximum absolute atomic E-state index is 12.0. The van der Waals surface area contributed by atoms with Gasteiger partial charge in [-0.3, -0.25) is 9.69 Å². The van der Waals surface area contributed by atoms with Crippen LogP contribution in [0.2, 0.25) is 0 Å². The third kappa shape index (κ3) is 2.64. The molecule has 1 aromatic carbocycles. The maximum atomic E-state index is 12.0. The summed E-state index contributed by atoms with van der Waals surface area (Å²) in [4.78, 5) is 18.7. The highest BCUT2D eigenvalue weighted by molar-refractivity contribution is 5.82. The lowest BCUT2D eigenvalue weighted by atomic mass is 10.1. The highest BCUT2D eigenvalue weighted by Gasteiger charge is 2.29. The number of aliphatic hydroxyl groups is 1. The molecule has 1 aromatic heterocycles. The summed E-state index contributed by atoms with van der Waals surface area (Å²) in [6.07, 6.45) is 0.454. The molecule has 1 aliphatic rings. The van der Waals surface area contributed by atoms with Crippen LogP contribution in [0.3, 0.4) is 0 Å². The summed E-state index contributed by atoms with van der Waals surface area (Å²) in [5.41, 5.74) is 2.06. The molecule has 1 unspecified atom stereocenters. The van der Waals surface area contributed by atoms with Crippen molar-refractivity contribution in [1.29, 1.82) is 0 Å². The van der Waals surface area contributed by atoms with E-state index in [1.807, 2.05) is 31.3 Å². The zero-order valence-electron chi connectivity index (χ0n) is 12.1. The standard InChI is InChI=1S/C15H20N4O2/c1-18-12-5-3-2-4-11(12)17-14(18)10-19-8-7-16-15(21)13(19)6-9-20/h2-5,13,20H,6-10H2,1H3,(H,16,21). The summed E-state index contributed by atoms with van der Waals surface area (Å²) in [5, 5.41) is 12.0. The zero-order chi connectivity index (χ0) is 14.8. The van der Waals surface area contributed by atoms with Gasteiger partial charge in [0.15, 0.2) is 0 Å². The van der Waals surface area contributed by atoms with Crippen molar-refractivity contribution in [2.45, 2.75) is 19.0 Å². The van der Waals surface area contributed by atoms with Crippen molar-refractivity contribution >= 4 is 16.9 Å². The number of rotatable bonds is 4. The molecular formula is C15H20N4O2. The molecule has 21 heavy (non-hydrogen) atoms. The highest BCUT2D eigenvalue weighted by Crippen LogP contribution is 2.18. The van der Waals surface area contributed by atoms with E-state index in [-0.39, 0.29) is 18.6 Å². The molecule has 6 nitrogen and oxygen atoms in total. The molecule has 0 saturated carbocycles. The Morgan fingerprint density at radius 2 is 2.24 bits per heavy atom. The number of piperazine rings is 1. The van der Waals surface area contributed by atoms with Crippen molar-refractivity contribution < 1.29 is 9.90 Å². The molecular weight excluding hydrogens is 268 g/mol. The van der Waals surface area contributed by atoms with Gasteiger partial charge in [0.1, 0.15) is 5.82 Å². The van der Waals surface area contributed by atoms with Crippen molar-refractivity contribution in [2.24, 2.45) is 7.05 Å². The van der Waals surface area contributed by atoms with Gasteiger partial charge in [-0.1, -0.05) is 12.1 Å². The van der Waals surface area contributed by atoms with Crippen LogP contribution in [0.4, 0.5) is 0 Å². The molecule has 1 fully saturated rings. The van der Waals surface area contributed by atoms with Gasteiger partial charge in [-0.15, -0.1) is 0 Å². The van der Waals surface area contributed by atoms with E-state index in [0.29, 0.717) is 19.5 Å². The molecule has 1 amide bonds. The summed E-state index contributed by atoms with van der Waals surface area (Å²) in [6, 6.07) is 7.73. The quantitative estimate of drug-likeness (QED) is 0.846. The van der Waals surface area contributed by atoms with Crippen molar-refractivity contribution in [2.75, 3.05) is 19.7 Å². The first kappa shape index (κ1) is 14.0. The summed E-state index contributed by atoms with van der Waals surface area (Å²) < 4.78 is 2.07. The number of aliphatic hydroxyl groups excluding tert-OH is 1. The SMILES string of the molecule is Cn1c(CN2CCNC(=O)C2CCO)nc2ccccc21. The Balaban J connectivity index is 1.86. The molecule has 1 saturated heterocycles. The highest BCUT2D eigenvalue weighted by atomic mass is 16.3. The smallest absolute Gasteiger partial charge is 0.237 e. The van der Waals surface area contributed by atoms with E-state index in [1.54, 1.807) is 0 Å². The monoisotopic (exact) mass is 288 g/mol. The fraction of sp³-hybridized carbons (Fsp3) is 0.467. The second-order valence-electron chi connectivity index (χ2n) is 5.37. The normalized spacial score (nSPS) is 19.9. The van der Waals surface area contributed by atoms with Gasteiger partial charge in [-0.05, 0) is 18.6 Å².